The fourth-order valence-corrected chi connectivity index (χ4v) is 3.59. The molecule has 1 unspecified atom stereocenters. The summed E-state index contributed by atoms with van der Waals surface area (Å²) in [5.41, 5.74) is 2.43. The third-order valence-electron chi connectivity index (χ3n) is 5.25. The van der Waals surface area contributed by atoms with E-state index < -0.39 is 11.9 Å². The fraction of sp³-hybridized carbons (Fsp3) is 0.174. The molecule has 0 spiro atoms. The summed E-state index contributed by atoms with van der Waals surface area (Å²) in [6.45, 7) is -0.0111. The van der Waals surface area contributed by atoms with Gasteiger partial charge >= 0.3 is 0 Å². The molecule has 1 atom stereocenters. The highest BCUT2D eigenvalue weighted by molar-refractivity contribution is 6.04. The van der Waals surface area contributed by atoms with E-state index in [1.165, 1.54) is 4.90 Å². The largest absolute Gasteiger partial charge is 0.489 e. The van der Waals surface area contributed by atoms with Crippen molar-refractivity contribution in [1.29, 1.82) is 0 Å². The van der Waals surface area contributed by atoms with Crippen molar-refractivity contribution in [3.05, 3.63) is 77.9 Å². The minimum absolute atomic E-state index is 0.0111. The first-order valence-corrected chi connectivity index (χ1v) is 9.80. The van der Waals surface area contributed by atoms with Gasteiger partial charge < -0.3 is 23.9 Å². The SMILES string of the molecule is CN1C(=O)C(NC(=O)c2cc(Cc3ccccc3)on2)COc2cc3occc3cc21. The monoisotopic (exact) mass is 417 g/mol. The quantitative estimate of drug-likeness (QED) is 0.548. The molecule has 0 aliphatic carbocycles. The topological polar surface area (TPSA) is 97.8 Å². The first-order valence-electron chi connectivity index (χ1n) is 9.80. The standard InChI is InChI=1S/C23H19N3O5/c1-26-19-10-15-7-8-29-20(15)12-21(19)30-13-18(23(26)28)24-22(27)17-11-16(31-25-17)9-14-5-3-2-4-6-14/h2-8,10-12,18H,9,13H2,1H3,(H,24,27). The van der Waals surface area contributed by atoms with E-state index in [1.54, 1.807) is 25.4 Å². The van der Waals surface area contributed by atoms with Gasteiger partial charge in [0, 0.05) is 31.0 Å². The number of hydrogen-bond acceptors (Lipinski definition) is 6. The van der Waals surface area contributed by atoms with Gasteiger partial charge in [-0.1, -0.05) is 35.5 Å². The maximum atomic E-state index is 13.0. The number of hydrogen-bond donors (Lipinski definition) is 1. The molecule has 0 fully saturated rings. The van der Waals surface area contributed by atoms with Gasteiger partial charge in [-0.25, -0.2) is 0 Å². The Morgan fingerprint density at radius 3 is 2.87 bits per heavy atom. The molecule has 1 aliphatic heterocycles. The Morgan fingerprint density at radius 1 is 1.19 bits per heavy atom. The Bertz CT molecular complexity index is 1260. The van der Waals surface area contributed by atoms with Crippen molar-refractivity contribution >= 4 is 28.5 Å². The predicted molar refractivity (Wildman–Crippen MR) is 112 cm³/mol. The van der Waals surface area contributed by atoms with E-state index in [-0.39, 0.29) is 18.2 Å². The Morgan fingerprint density at radius 2 is 2.03 bits per heavy atom. The smallest absolute Gasteiger partial charge is 0.274 e. The molecule has 0 bridgehead atoms. The molecule has 4 aromatic rings. The maximum Gasteiger partial charge on any atom is 0.274 e. The van der Waals surface area contributed by atoms with Crippen LogP contribution in [0, 0.1) is 0 Å². The number of carbonyl (C=O) groups is 2. The molecule has 0 radical (unpaired) electrons. The third kappa shape index (κ3) is 3.63. The molecular formula is C23H19N3O5. The Balaban J connectivity index is 1.31. The highest BCUT2D eigenvalue weighted by atomic mass is 16.5. The summed E-state index contributed by atoms with van der Waals surface area (Å²) in [5.74, 6) is 0.287. The lowest BCUT2D eigenvalue weighted by atomic mass is 10.1. The van der Waals surface area contributed by atoms with Crippen LogP contribution in [0.3, 0.4) is 0 Å². The minimum Gasteiger partial charge on any atom is -0.489 e. The summed E-state index contributed by atoms with van der Waals surface area (Å²) in [4.78, 5) is 27.1. The number of likely N-dealkylation sites (N-methyl/N-ethyl adjacent to an activating group) is 1. The van der Waals surface area contributed by atoms with Crippen molar-refractivity contribution in [2.24, 2.45) is 0 Å². The van der Waals surface area contributed by atoms with E-state index in [2.05, 4.69) is 10.5 Å². The summed E-state index contributed by atoms with van der Waals surface area (Å²) in [5, 5.41) is 7.41. The molecule has 156 valence electrons. The van der Waals surface area contributed by atoms with Crippen molar-refractivity contribution in [3.63, 3.8) is 0 Å². The van der Waals surface area contributed by atoms with Crippen LogP contribution < -0.4 is 15.0 Å². The van der Waals surface area contributed by atoms with Crippen molar-refractivity contribution in [3.8, 4) is 5.75 Å². The number of nitrogens with zero attached hydrogens (tertiary/aromatic N) is 2. The Kier molecular flexibility index (Phi) is 4.66. The van der Waals surface area contributed by atoms with Gasteiger partial charge in [0.05, 0.1) is 12.0 Å². The minimum atomic E-state index is -0.870. The predicted octanol–water partition coefficient (Wildman–Crippen LogP) is 3.17. The van der Waals surface area contributed by atoms with E-state index >= 15 is 0 Å². The first-order chi connectivity index (χ1) is 15.1. The fourth-order valence-electron chi connectivity index (χ4n) is 3.59. The molecule has 31 heavy (non-hydrogen) atoms. The summed E-state index contributed by atoms with van der Waals surface area (Å²) in [7, 11) is 1.65. The average Bonchev–Trinajstić information content (AvgIpc) is 3.42. The lowest BCUT2D eigenvalue weighted by Crippen LogP contribution is -2.49. The van der Waals surface area contributed by atoms with Gasteiger partial charge in [-0.2, -0.15) is 0 Å². The molecule has 8 nitrogen and oxygen atoms in total. The molecule has 1 N–H and O–H groups in total. The molecule has 5 rings (SSSR count). The normalized spacial score (nSPS) is 16.0. The van der Waals surface area contributed by atoms with E-state index in [0.29, 0.717) is 29.2 Å². The molecule has 0 saturated heterocycles. The second-order valence-electron chi connectivity index (χ2n) is 7.35. The molecule has 2 amide bonds. The van der Waals surface area contributed by atoms with Crippen LogP contribution in [0.15, 0.2) is 69.8 Å². The molecule has 8 heteroatoms. The van der Waals surface area contributed by atoms with E-state index in [1.807, 2.05) is 42.5 Å². The lowest BCUT2D eigenvalue weighted by molar-refractivity contribution is -0.120. The van der Waals surface area contributed by atoms with Crippen LogP contribution in [0.1, 0.15) is 21.8 Å². The molecule has 0 saturated carbocycles. The molecule has 2 aromatic carbocycles. The number of carbonyl (C=O) groups excluding carboxylic acids is 2. The van der Waals surface area contributed by atoms with Crippen molar-refractivity contribution in [2.45, 2.75) is 12.5 Å². The average molecular weight is 417 g/mol. The van der Waals surface area contributed by atoms with Gasteiger partial charge in [-0.05, 0) is 17.7 Å². The van der Waals surface area contributed by atoms with Crippen LogP contribution in [0.2, 0.25) is 0 Å². The highest BCUT2D eigenvalue weighted by Crippen LogP contribution is 2.35. The first kappa shape index (κ1) is 18.9. The maximum absolute atomic E-state index is 13.0. The van der Waals surface area contributed by atoms with Gasteiger partial charge in [0.2, 0.25) is 0 Å². The zero-order valence-electron chi connectivity index (χ0n) is 16.7. The number of fused-ring (bicyclic) bond motifs is 2. The van der Waals surface area contributed by atoms with Gasteiger partial charge in [-0.3, -0.25) is 9.59 Å². The second kappa shape index (κ2) is 7.64. The number of benzene rings is 2. The zero-order valence-corrected chi connectivity index (χ0v) is 16.7. The Hall–Kier alpha value is -4.07. The second-order valence-corrected chi connectivity index (χ2v) is 7.35. The van der Waals surface area contributed by atoms with Crippen LogP contribution >= 0.6 is 0 Å². The van der Waals surface area contributed by atoms with Crippen molar-refractivity contribution in [1.82, 2.24) is 10.5 Å². The number of furan rings is 1. The zero-order chi connectivity index (χ0) is 21.4. The van der Waals surface area contributed by atoms with Gasteiger partial charge in [0.15, 0.2) is 5.69 Å². The molecule has 2 aromatic heterocycles. The van der Waals surface area contributed by atoms with E-state index in [4.69, 9.17) is 13.7 Å². The number of nitrogens with one attached hydrogen (secondary N) is 1. The molecule has 3 heterocycles. The van der Waals surface area contributed by atoms with Crippen LogP contribution in [-0.2, 0) is 11.2 Å². The van der Waals surface area contributed by atoms with Crippen molar-refractivity contribution < 1.29 is 23.3 Å². The van der Waals surface area contributed by atoms with Gasteiger partial charge in [0.25, 0.3) is 11.8 Å². The van der Waals surface area contributed by atoms with Crippen LogP contribution in [0.25, 0.3) is 11.0 Å². The number of ether oxygens (including phenoxy) is 1. The number of anilines is 1. The van der Waals surface area contributed by atoms with Crippen molar-refractivity contribution in [2.75, 3.05) is 18.6 Å². The van der Waals surface area contributed by atoms with E-state index in [9.17, 15) is 9.59 Å². The van der Waals surface area contributed by atoms with E-state index in [0.717, 1.165) is 10.9 Å². The van der Waals surface area contributed by atoms with Crippen LogP contribution in [0.5, 0.6) is 5.75 Å². The van der Waals surface area contributed by atoms with Gasteiger partial charge in [0.1, 0.15) is 29.7 Å². The summed E-state index contributed by atoms with van der Waals surface area (Å²) in [6, 6.07) is 15.8. The number of aromatic nitrogens is 1. The lowest BCUT2D eigenvalue weighted by Gasteiger charge is -2.20. The van der Waals surface area contributed by atoms with Gasteiger partial charge in [-0.15, -0.1) is 0 Å². The molecular weight excluding hydrogens is 398 g/mol. The summed E-state index contributed by atoms with van der Waals surface area (Å²) < 4.78 is 16.5. The third-order valence-corrected chi connectivity index (χ3v) is 5.25. The van der Waals surface area contributed by atoms with Crippen LogP contribution in [-0.4, -0.2) is 36.7 Å². The highest BCUT2D eigenvalue weighted by Gasteiger charge is 2.32. The number of rotatable bonds is 4. The number of amides is 2. The van der Waals surface area contributed by atoms with Crippen LogP contribution in [0.4, 0.5) is 5.69 Å². The summed E-state index contributed by atoms with van der Waals surface area (Å²) in [6.07, 6.45) is 2.10. The molecule has 1 aliphatic rings. The Labute approximate surface area is 177 Å². The summed E-state index contributed by atoms with van der Waals surface area (Å²) >= 11 is 0.